The van der Waals surface area contributed by atoms with Crippen molar-refractivity contribution in [3.63, 3.8) is 0 Å². The lowest BCUT2D eigenvalue weighted by molar-refractivity contribution is -0.122. The Hall–Kier alpha value is -2.79. The van der Waals surface area contributed by atoms with E-state index in [4.69, 9.17) is 11.6 Å². The van der Waals surface area contributed by atoms with Gasteiger partial charge in [-0.2, -0.15) is 0 Å². The second-order valence-corrected chi connectivity index (χ2v) is 8.42. The van der Waals surface area contributed by atoms with Crippen LogP contribution in [0.25, 0.3) is 11.4 Å². The van der Waals surface area contributed by atoms with Crippen LogP contribution in [-0.4, -0.2) is 24.4 Å². The largest absolute Gasteiger partial charge is 0.396 e. The topological polar surface area (TPSA) is 75.6 Å². The minimum absolute atomic E-state index is 0.115. The number of hydrogen-bond donors (Lipinski definition) is 2. The molecule has 0 aromatic heterocycles. The van der Waals surface area contributed by atoms with Crippen molar-refractivity contribution in [2.45, 2.75) is 46.1 Å². The minimum atomic E-state index is 0.115. The fraction of sp³-hybridized carbons (Fsp3) is 0.400. The van der Waals surface area contributed by atoms with Gasteiger partial charge in [-0.1, -0.05) is 62.7 Å². The number of carbonyl (C=O) groups is 1. The molecule has 0 atom stereocenters. The molecule has 4 N–H and O–H groups in total. The van der Waals surface area contributed by atoms with Crippen LogP contribution in [-0.2, 0) is 11.3 Å². The number of carbonyl (C=O) groups excluding carboxylic acids is 1. The Labute approximate surface area is 180 Å². The maximum absolute atomic E-state index is 11.8. The second-order valence-electron chi connectivity index (χ2n) is 8.42. The van der Waals surface area contributed by atoms with Gasteiger partial charge in [0.1, 0.15) is 5.78 Å². The summed E-state index contributed by atoms with van der Waals surface area (Å²) in [6.07, 6.45) is 3.44. The molecule has 1 heterocycles. The first-order valence-electron chi connectivity index (χ1n) is 10.8. The van der Waals surface area contributed by atoms with Crippen LogP contribution in [0.15, 0.2) is 48.5 Å². The van der Waals surface area contributed by atoms with E-state index in [0.717, 1.165) is 48.3 Å². The summed E-state index contributed by atoms with van der Waals surface area (Å²) < 4.78 is 0. The highest BCUT2D eigenvalue weighted by Crippen LogP contribution is 2.36. The Morgan fingerprint density at radius 1 is 1.03 bits per heavy atom. The van der Waals surface area contributed by atoms with Crippen LogP contribution in [0.4, 0.5) is 5.69 Å². The molecule has 5 heteroatoms. The molecule has 30 heavy (non-hydrogen) atoms. The van der Waals surface area contributed by atoms with Crippen molar-refractivity contribution in [3.8, 4) is 0 Å². The van der Waals surface area contributed by atoms with Crippen molar-refractivity contribution in [3.05, 3.63) is 65.2 Å². The summed E-state index contributed by atoms with van der Waals surface area (Å²) in [6, 6.07) is 16.5. The third-order valence-electron chi connectivity index (χ3n) is 5.79. The van der Waals surface area contributed by atoms with Gasteiger partial charge in [0.2, 0.25) is 0 Å². The quantitative estimate of drug-likeness (QED) is 0.386. The van der Waals surface area contributed by atoms with E-state index in [1.54, 1.807) is 5.01 Å². The summed E-state index contributed by atoms with van der Waals surface area (Å²) in [7, 11) is 2.10. The molecule has 0 saturated heterocycles. The second kappa shape index (κ2) is 9.81. The third-order valence-corrected chi connectivity index (χ3v) is 5.79. The zero-order valence-electron chi connectivity index (χ0n) is 18.4. The molecule has 160 valence electrons. The summed E-state index contributed by atoms with van der Waals surface area (Å²) in [5.74, 6) is 7.03. The van der Waals surface area contributed by atoms with Gasteiger partial charge in [0, 0.05) is 49.3 Å². The first kappa shape index (κ1) is 21.9. The standard InChI is InChI=1S/C25H34N4O/c1-18(2)23(30)15-5-4-10-16-29(27)25-21-13-8-9-14-22(21)28(3)17-19-11-6-7-12-20(19)24(25)26/h6-9,11-14,18H,4-5,10,15-17,26-27H2,1-3H3/b25-24-. The van der Waals surface area contributed by atoms with Crippen LogP contribution in [0.2, 0.25) is 0 Å². The molecule has 2 aromatic carbocycles. The first-order chi connectivity index (χ1) is 14.4. The lowest BCUT2D eigenvalue weighted by atomic mass is 9.96. The van der Waals surface area contributed by atoms with E-state index in [1.165, 1.54) is 5.56 Å². The van der Waals surface area contributed by atoms with Crippen LogP contribution < -0.4 is 16.5 Å². The summed E-state index contributed by atoms with van der Waals surface area (Å²) >= 11 is 0. The molecule has 0 saturated carbocycles. The fourth-order valence-electron chi connectivity index (χ4n) is 4.01. The van der Waals surface area contributed by atoms with Gasteiger partial charge in [0.25, 0.3) is 0 Å². The van der Waals surface area contributed by atoms with E-state index in [-0.39, 0.29) is 5.92 Å². The van der Waals surface area contributed by atoms with Crippen molar-refractivity contribution in [1.82, 2.24) is 5.01 Å². The van der Waals surface area contributed by atoms with Gasteiger partial charge in [0.15, 0.2) is 0 Å². The smallest absolute Gasteiger partial charge is 0.135 e. The molecule has 1 aliphatic rings. The molecule has 3 rings (SSSR count). The number of nitrogens with zero attached hydrogens (tertiary/aromatic N) is 2. The molecule has 0 bridgehead atoms. The number of nitrogens with two attached hydrogens (primary N) is 2. The SMILES string of the molecule is CC(C)C(=O)CCCCCN(N)/C1=C(\N)c2ccccc2CN(C)c2ccccc21. The molecular formula is C25H34N4O. The number of Topliss-reactive ketones (excluding diaryl/α,β-unsaturated/α-hetero) is 1. The number of unbranched alkanes of at least 4 members (excludes halogenated alkanes) is 2. The number of fused-ring (bicyclic) bond motifs is 2. The Morgan fingerprint density at radius 3 is 2.43 bits per heavy atom. The van der Waals surface area contributed by atoms with E-state index in [0.29, 0.717) is 24.4 Å². The van der Waals surface area contributed by atoms with Crippen LogP contribution >= 0.6 is 0 Å². The van der Waals surface area contributed by atoms with Crippen LogP contribution in [0.5, 0.6) is 0 Å². The molecule has 0 radical (unpaired) electrons. The Morgan fingerprint density at radius 2 is 1.70 bits per heavy atom. The van der Waals surface area contributed by atoms with E-state index < -0.39 is 0 Å². The van der Waals surface area contributed by atoms with Crippen molar-refractivity contribution in [2.24, 2.45) is 17.5 Å². The molecular weight excluding hydrogens is 372 g/mol. The molecule has 5 nitrogen and oxygen atoms in total. The zero-order chi connectivity index (χ0) is 21.7. The minimum Gasteiger partial charge on any atom is -0.396 e. The van der Waals surface area contributed by atoms with E-state index >= 15 is 0 Å². The van der Waals surface area contributed by atoms with Crippen LogP contribution in [0.1, 0.15) is 56.2 Å². The van der Waals surface area contributed by atoms with Gasteiger partial charge in [-0.3, -0.25) is 4.79 Å². The Bertz CT molecular complexity index is 919. The molecule has 1 aliphatic heterocycles. The van der Waals surface area contributed by atoms with E-state index in [9.17, 15) is 4.79 Å². The molecule has 2 aromatic rings. The number of benzene rings is 2. The van der Waals surface area contributed by atoms with Gasteiger partial charge in [-0.25, -0.2) is 5.84 Å². The van der Waals surface area contributed by atoms with Crippen LogP contribution in [0.3, 0.4) is 0 Å². The summed E-state index contributed by atoms with van der Waals surface area (Å²) in [4.78, 5) is 14.1. The van der Waals surface area contributed by atoms with E-state index in [2.05, 4.69) is 36.2 Å². The Balaban J connectivity index is 1.84. The maximum Gasteiger partial charge on any atom is 0.135 e. The number of hydrogen-bond acceptors (Lipinski definition) is 5. The average molecular weight is 407 g/mol. The zero-order valence-corrected chi connectivity index (χ0v) is 18.4. The van der Waals surface area contributed by atoms with Gasteiger partial charge in [0.05, 0.1) is 11.4 Å². The van der Waals surface area contributed by atoms with Gasteiger partial charge in [-0.05, 0) is 24.5 Å². The predicted molar refractivity (Wildman–Crippen MR) is 125 cm³/mol. The summed E-state index contributed by atoms with van der Waals surface area (Å²) in [5.41, 5.74) is 12.7. The van der Waals surface area contributed by atoms with E-state index in [1.807, 2.05) is 38.1 Å². The normalized spacial score (nSPS) is 16.0. The van der Waals surface area contributed by atoms with Crippen molar-refractivity contribution in [1.29, 1.82) is 0 Å². The summed E-state index contributed by atoms with van der Waals surface area (Å²) in [6.45, 7) is 5.39. The fourth-order valence-corrected chi connectivity index (χ4v) is 4.01. The molecule has 0 aliphatic carbocycles. The highest BCUT2D eigenvalue weighted by atomic mass is 16.1. The lowest BCUT2D eigenvalue weighted by Crippen LogP contribution is -2.34. The highest BCUT2D eigenvalue weighted by Gasteiger charge is 2.23. The Kier molecular flexibility index (Phi) is 7.16. The number of anilines is 1. The molecule has 0 fully saturated rings. The first-order valence-corrected chi connectivity index (χ1v) is 10.8. The van der Waals surface area contributed by atoms with Gasteiger partial charge >= 0.3 is 0 Å². The maximum atomic E-state index is 11.8. The molecule has 0 spiro atoms. The number of hydrazine groups is 1. The third kappa shape index (κ3) is 4.85. The number of ketones is 1. The molecule has 0 amide bonds. The van der Waals surface area contributed by atoms with Crippen molar-refractivity contribution < 1.29 is 4.79 Å². The highest BCUT2D eigenvalue weighted by molar-refractivity contribution is 5.93. The monoisotopic (exact) mass is 406 g/mol. The predicted octanol–water partition coefficient (Wildman–Crippen LogP) is 4.38. The number of para-hydroxylation sites is 1. The van der Waals surface area contributed by atoms with Crippen molar-refractivity contribution in [2.75, 3.05) is 18.5 Å². The molecule has 0 unspecified atom stereocenters. The number of rotatable bonds is 8. The van der Waals surface area contributed by atoms with Crippen molar-refractivity contribution >= 4 is 22.9 Å². The lowest BCUT2D eigenvalue weighted by Gasteiger charge is -2.32. The van der Waals surface area contributed by atoms with Crippen LogP contribution in [0, 0.1) is 5.92 Å². The summed E-state index contributed by atoms with van der Waals surface area (Å²) in [5, 5.41) is 1.79. The van der Waals surface area contributed by atoms with Gasteiger partial charge in [-0.15, -0.1) is 0 Å². The van der Waals surface area contributed by atoms with Gasteiger partial charge < -0.3 is 15.6 Å². The average Bonchev–Trinajstić information content (AvgIpc) is 2.73.